The topological polar surface area (TPSA) is 75.4 Å². The highest BCUT2D eigenvalue weighted by molar-refractivity contribution is 5.92. The quantitative estimate of drug-likeness (QED) is 0.857. The Morgan fingerprint density at radius 2 is 2.11 bits per heavy atom. The van der Waals surface area contributed by atoms with E-state index in [-0.39, 0.29) is 23.6 Å². The molecule has 1 aromatic rings. The van der Waals surface area contributed by atoms with Crippen molar-refractivity contribution in [1.29, 1.82) is 0 Å². The number of carbonyl (C=O) groups excluding carboxylic acids is 1. The Labute approximate surface area is 114 Å². The number of nitrogens with one attached hydrogen (secondary N) is 1. The van der Waals surface area contributed by atoms with Crippen molar-refractivity contribution < 1.29 is 14.4 Å². The van der Waals surface area contributed by atoms with Crippen LogP contribution in [0.1, 0.15) is 57.3 Å². The van der Waals surface area contributed by atoms with Gasteiger partial charge in [0.05, 0.1) is 6.10 Å². The van der Waals surface area contributed by atoms with E-state index in [4.69, 9.17) is 4.52 Å². The summed E-state index contributed by atoms with van der Waals surface area (Å²) in [6.07, 6.45) is 0.129. The van der Waals surface area contributed by atoms with Crippen LogP contribution >= 0.6 is 0 Å². The van der Waals surface area contributed by atoms with E-state index >= 15 is 0 Å². The van der Waals surface area contributed by atoms with Gasteiger partial charge >= 0.3 is 0 Å². The Hall–Kier alpha value is -1.36. The van der Waals surface area contributed by atoms with E-state index in [1.165, 1.54) is 0 Å². The predicted octanol–water partition coefficient (Wildman–Crippen LogP) is 2.11. The number of aliphatic hydroxyl groups excluding tert-OH is 1. The predicted molar refractivity (Wildman–Crippen MR) is 73.0 cm³/mol. The Morgan fingerprint density at radius 3 is 2.58 bits per heavy atom. The van der Waals surface area contributed by atoms with Gasteiger partial charge in [0, 0.05) is 18.0 Å². The van der Waals surface area contributed by atoms with Crippen molar-refractivity contribution in [2.45, 2.75) is 52.6 Å². The molecule has 0 spiro atoms. The monoisotopic (exact) mass is 268 g/mol. The second-order valence-electron chi connectivity index (χ2n) is 6.32. The molecule has 0 bridgehead atoms. The molecule has 1 atom stereocenters. The maximum atomic E-state index is 11.8. The highest BCUT2D eigenvalue weighted by Crippen LogP contribution is 2.22. The fraction of sp³-hybridized carbons (Fsp3) is 0.714. The Bertz CT molecular complexity index is 419. The van der Waals surface area contributed by atoms with Crippen molar-refractivity contribution in [2.24, 2.45) is 5.92 Å². The molecule has 1 rings (SSSR count). The maximum absolute atomic E-state index is 11.8. The van der Waals surface area contributed by atoms with Crippen molar-refractivity contribution >= 4 is 5.91 Å². The molecule has 1 aromatic heterocycles. The van der Waals surface area contributed by atoms with Crippen molar-refractivity contribution in [2.75, 3.05) is 6.54 Å². The van der Waals surface area contributed by atoms with Gasteiger partial charge in [-0.3, -0.25) is 4.79 Å². The average Bonchev–Trinajstić information content (AvgIpc) is 2.73. The van der Waals surface area contributed by atoms with Gasteiger partial charge in [-0.05, 0) is 12.3 Å². The summed E-state index contributed by atoms with van der Waals surface area (Å²) in [7, 11) is 0. The largest absolute Gasteiger partial charge is 0.391 e. The zero-order valence-corrected chi connectivity index (χ0v) is 12.4. The number of hydrogen-bond acceptors (Lipinski definition) is 4. The molecule has 19 heavy (non-hydrogen) atoms. The Kier molecular flexibility index (Phi) is 5.11. The molecular formula is C14H24N2O3. The van der Waals surface area contributed by atoms with Crippen LogP contribution in [0, 0.1) is 5.92 Å². The maximum Gasteiger partial charge on any atom is 0.273 e. The van der Waals surface area contributed by atoms with Gasteiger partial charge in [0.1, 0.15) is 5.76 Å². The first-order valence-electron chi connectivity index (χ1n) is 6.63. The third-order valence-electron chi connectivity index (χ3n) is 2.72. The van der Waals surface area contributed by atoms with E-state index < -0.39 is 6.10 Å². The molecule has 1 amide bonds. The lowest BCUT2D eigenvalue weighted by Crippen LogP contribution is -2.32. The Morgan fingerprint density at radius 1 is 1.47 bits per heavy atom. The number of hydrogen-bond donors (Lipinski definition) is 2. The molecule has 108 valence electrons. The number of rotatable bonds is 5. The third-order valence-corrected chi connectivity index (χ3v) is 2.72. The van der Waals surface area contributed by atoms with Crippen LogP contribution < -0.4 is 5.32 Å². The van der Waals surface area contributed by atoms with E-state index in [0.29, 0.717) is 18.1 Å². The standard InChI is InChI=1S/C14H24N2O3/c1-9(2)6-10(17)8-15-13(18)11-7-12(19-16-11)14(3,4)5/h7,9-10,17H,6,8H2,1-5H3,(H,15,18). The minimum Gasteiger partial charge on any atom is -0.391 e. The summed E-state index contributed by atoms with van der Waals surface area (Å²) < 4.78 is 5.15. The molecule has 5 heteroatoms. The second kappa shape index (κ2) is 6.19. The molecule has 0 fully saturated rings. The molecule has 0 saturated carbocycles. The first kappa shape index (κ1) is 15.7. The molecule has 0 aliphatic rings. The lowest BCUT2D eigenvalue weighted by molar-refractivity contribution is 0.0891. The summed E-state index contributed by atoms with van der Waals surface area (Å²) in [5.74, 6) is 0.744. The van der Waals surface area contributed by atoms with Gasteiger partial charge in [-0.15, -0.1) is 0 Å². The van der Waals surface area contributed by atoms with Crippen LogP contribution in [-0.4, -0.2) is 28.8 Å². The average molecular weight is 268 g/mol. The summed E-state index contributed by atoms with van der Waals surface area (Å²) >= 11 is 0. The van der Waals surface area contributed by atoms with Crippen LogP contribution in [0.2, 0.25) is 0 Å². The van der Waals surface area contributed by atoms with Crippen molar-refractivity contribution in [3.8, 4) is 0 Å². The molecule has 0 radical (unpaired) electrons. The zero-order chi connectivity index (χ0) is 14.6. The van der Waals surface area contributed by atoms with Crippen molar-refractivity contribution in [3.63, 3.8) is 0 Å². The van der Waals surface area contributed by atoms with E-state index in [9.17, 15) is 9.90 Å². The fourth-order valence-electron chi connectivity index (χ4n) is 1.66. The van der Waals surface area contributed by atoms with E-state index in [1.54, 1.807) is 6.07 Å². The van der Waals surface area contributed by atoms with Gasteiger partial charge in [0.25, 0.3) is 5.91 Å². The lowest BCUT2D eigenvalue weighted by Gasteiger charge is -2.13. The Balaban J connectivity index is 2.52. The number of aromatic nitrogens is 1. The summed E-state index contributed by atoms with van der Waals surface area (Å²) in [6.45, 7) is 10.2. The number of amides is 1. The molecule has 0 aromatic carbocycles. The van der Waals surface area contributed by atoms with Gasteiger partial charge in [-0.25, -0.2) is 0 Å². The van der Waals surface area contributed by atoms with Gasteiger partial charge in [-0.2, -0.15) is 0 Å². The molecule has 0 aliphatic heterocycles. The lowest BCUT2D eigenvalue weighted by atomic mass is 9.93. The molecule has 0 aliphatic carbocycles. The number of aliphatic hydroxyl groups is 1. The first-order chi connectivity index (χ1) is 8.70. The summed E-state index contributed by atoms with van der Waals surface area (Å²) in [4.78, 5) is 11.8. The normalized spacial score (nSPS) is 13.6. The molecular weight excluding hydrogens is 244 g/mol. The molecule has 1 unspecified atom stereocenters. The van der Waals surface area contributed by atoms with E-state index in [0.717, 1.165) is 0 Å². The summed E-state index contributed by atoms with van der Waals surface area (Å²) in [6, 6.07) is 1.64. The minimum atomic E-state index is -0.530. The zero-order valence-electron chi connectivity index (χ0n) is 12.4. The smallest absolute Gasteiger partial charge is 0.273 e. The first-order valence-corrected chi connectivity index (χ1v) is 6.63. The van der Waals surface area contributed by atoms with Crippen LogP contribution in [0.5, 0.6) is 0 Å². The molecule has 0 saturated heterocycles. The van der Waals surface area contributed by atoms with Crippen LogP contribution in [0.3, 0.4) is 0 Å². The molecule has 1 heterocycles. The third kappa shape index (κ3) is 5.03. The summed E-state index contributed by atoms with van der Waals surface area (Å²) in [5.41, 5.74) is 0.0737. The van der Waals surface area contributed by atoms with E-state index in [1.807, 2.05) is 34.6 Å². The fourth-order valence-corrected chi connectivity index (χ4v) is 1.66. The van der Waals surface area contributed by atoms with Crippen LogP contribution in [-0.2, 0) is 5.41 Å². The van der Waals surface area contributed by atoms with Gasteiger partial charge in [0.15, 0.2) is 5.69 Å². The second-order valence-corrected chi connectivity index (χ2v) is 6.32. The number of carbonyl (C=O) groups is 1. The van der Waals surface area contributed by atoms with Gasteiger partial charge in [-0.1, -0.05) is 39.8 Å². The highest BCUT2D eigenvalue weighted by atomic mass is 16.5. The highest BCUT2D eigenvalue weighted by Gasteiger charge is 2.22. The van der Waals surface area contributed by atoms with Crippen molar-refractivity contribution in [1.82, 2.24) is 10.5 Å². The van der Waals surface area contributed by atoms with Gasteiger partial charge < -0.3 is 14.9 Å². The van der Waals surface area contributed by atoms with Crippen LogP contribution in [0.15, 0.2) is 10.6 Å². The molecule has 5 nitrogen and oxygen atoms in total. The summed E-state index contributed by atoms with van der Waals surface area (Å²) in [5, 5.41) is 16.1. The molecule has 2 N–H and O–H groups in total. The van der Waals surface area contributed by atoms with Gasteiger partial charge in [0.2, 0.25) is 0 Å². The number of nitrogens with zero attached hydrogens (tertiary/aromatic N) is 1. The van der Waals surface area contributed by atoms with Crippen LogP contribution in [0.25, 0.3) is 0 Å². The minimum absolute atomic E-state index is 0.178. The van der Waals surface area contributed by atoms with Crippen LogP contribution in [0.4, 0.5) is 0 Å². The van der Waals surface area contributed by atoms with Crippen molar-refractivity contribution in [3.05, 3.63) is 17.5 Å². The SMILES string of the molecule is CC(C)CC(O)CNC(=O)c1cc(C(C)(C)C)on1. The van der Waals surface area contributed by atoms with E-state index in [2.05, 4.69) is 10.5 Å².